The Morgan fingerprint density at radius 3 is 2.67 bits per heavy atom. The average molecular weight is 577 g/mol. The molecule has 3 aromatic rings. The molecule has 0 radical (unpaired) electrons. The van der Waals surface area contributed by atoms with Gasteiger partial charge in [-0.05, 0) is 60.9 Å². The lowest BCUT2D eigenvalue weighted by Crippen LogP contribution is -2.32. The van der Waals surface area contributed by atoms with Gasteiger partial charge in [-0.25, -0.2) is 9.37 Å². The Bertz CT molecular complexity index is 1720. The van der Waals surface area contributed by atoms with Crippen LogP contribution in [0.4, 0.5) is 4.39 Å². The molecule has 3 unspecified atom stereocenters. The number of benzene rings is 1. The Hall–Kier alpha value is -4.12. The van der Waals surface area contributed by atoms with Crippen LogP contribution in [0.1, 0.15) is 78.5 Å². The Labute approximate surface area is 241 Å². The Balaban J connectivity index is 0.000000302. The second-order valence-electron chi connectivity index (χ2n) is 11.4. The molecule has 2 N–H and O–H groups in total. The molecule has 5 heterocycles. The summed E-state index contributed by atoms with van der Waals surface area (Å²) in [6.45, 7) is 6.70. The third-order valence-corrected chi connectivity index (χ3v) is 9.07. The van der Waals surface area contributed by atoms with Crippen molar-refractivity contribution in [3.8, 4) is 11.4 Å². The van der Waals surface area contributed by atoms with Crippen molar-refractivity contribution in [1.82, 2.24) is 19.8 Å². The molecule has 1 aliphatic carbocycles. The van der Waals surface area contributed by atoms with Gasteiger partial charge in [0.1, 0.15) is 12.4 Å². The number of aliphatic hydroxyl groups is 1. The molecule has 42 heavy (non-hydrogen) atoms. The van der Waals surface area contributed by atoms with Gasteiger partial charge >= 0.3 is 5.97 Å². The predicted octanol–water partition coefficient (Wildman–Crippen LogP) is 2.76. The molecule has 11 heteroatoms. The molecular weight excluding hydrogens is 543 g/mol. The fraction of sp³-hybridized carbons (Fsp3) is 0.452. The largest absolute Gasteiger partial charge is 0.460 e. The van der Waals surface area contributed by atoms with E-state index in [1.54, 1.807) is 16.4 Å². The molecule has 10 nitrogen and oxygen atoms in total. The van der Waals surface area contributed by atoms with Crippen molar-refractivity contribution in [2.24, 2.45) is 0 Å². The number of aromatic nitrogens is 2. The van der Waals surface area contributed by atoms with Crippen molar-refractivity contribution in [2.75, 3.05) is 13.1 Å². The van der Waals surface area contributed by atoms with Crippen LogP contribution in [0.2, 0.25) is 0 Å². The molecule has 1 aromatic carbocycles. The molecule has 220 valence electrons. The highest BCUT2D eigenvalue weighted by molar-refractivity contribution is 5.93. The van der Waals surface area contributed by atoms with Gasteiger partial charge in [0, 0.05) is 37.0 Å². The lowest BCUT2D eigenvalue weighted by atomic mass is 9.82. The normalized spacial score (nSPS) is 21.6. The van der Waals surface area contributed by atoms with E-state index in [4.69, 9.17) is 14.8 Å². The highest BCUT2D eigenvalue weighted by atomic mass is 19.1. The summed E-state index contributed by atoms with van der Waals surface area (Å²) >= 11 is 0. The first kappa shape index (κ1) is 28.0. The molecule has 2 aromatic heterocycles. The summed E-state index contributed by atoms with van der Waals surface area (Å²) in [6, 6.07) is 3.07. The van der Waals surface area contributed by atoms with Crippen LogP contribution in [-0.4, -0.2) is 57.0 Å². The number of hydrogen-bond acceptors (Lipinski definition) is 7. The number of amides is 2. The maximum Gasteiger partial charge on any atom is 0.313 e. The SMILES string of the molecule is CC(=O)N1CCC(O)C1.CCC1C(=O)OCc2c1cc1n(c2=O)Cc2c-1nc1cc(F)c(C)c3c1c2C(NC=O)CC3. The number of aryl methyl sites for hydroxylation is 1. The number of esters is 1. The van der Waals surface area contributed by atoms with E-state index < -0.39 is 5.92 Å². The summed E-state index contributed by atoms with van der Waals surface area (Å²) < 4.78 is 21.7. The summed E-state index contributed by atoms with van der Waals surface area (Å²) in [6.07, 6.45) is 2.94. The predicted molar refractivity (Wildman–Crippen MR) is 151 cm³/mol. The smallest absolute Gasteiger partial charge is 0.313 e. The molecule has 0 spiro atoms. The minimum atomic E-state index is -0.494. The maximum atomic E-state index is 14.8. The quantitative estimate of drug-likeness (QED) is 0.283. The molecule has 7 rings (SSSR count). The van der Waals surface area contributed by atoms with Crippen molar-refractivity contribution in [2.45, 2.75) is 77.7 Å². The molecule has 3 aliphatic heterocycles. The van der Waals surface area contributed by atoms with E-state index in [0.29, 0.717) is 72.4 Å². The number of nitrogens with zero attached hydrogens (tertiary/aromatic N) is 3. The number of nitrogens with one attached hydrogen (secondary N) is 1. The third kappa shape index (κ3) is 4.38. The Morgan fingerprint density at radius 1 is 1.24 bits per heavy atom. The molecule has 4 aliphatic rings. The number of cyclic esters (lactones) is 1. The van der Waals surface area contributed by atoms with Gasteiger partial charge in [-0.2, -0.15) is 0 Å². The van der Waals surface area contributed by atoms with Crippen molar-refractivity contribution in [3.05, 3.63) is 61.7 Å². The first-order valence-electron chi connectivity index (χ1n) is 14.4. The number of β-amino-alcohol motifs (C(OH)–C–C–N with tert-alkyl or cyclic N) is 1. The number of pyridine rings is 2. The fourth-order valence-corrected chi connectivity index (χ4v) is 6.85. The molecule has 0 saturated carbocycles. The van der Waals surface area contributed by atoms with Crippen LogP contribution >= 0.6 is 0 Å². The molecule has 0 bridgehead atoms. The van der Waals surface area contributed by atoms with Crippen molar-refractivity contribution in [1.29, 1.82) is 0 Å². The zero-order valence-electron chi connectivity index (χ0n) is 23.8. The van der Waals surface area contributed by atoms with Crippen molar-refractivity contribution < 1.29 is 28.6 Å². The van der Waals surface area contributed by atoms with Crippen LogP contribution in [0.25, 0.3) is 22.3 Å². The van der Waals surface area contributed by atoms with E-state index in [0.717, 1.165) is 35.0 Å². The first-order chi connectivity index (χ1) is 20.1. The van der Waals surface area contributed by atoms with Gasteiger partial charge in [0.15, 0.2) is 0 Å². The van der Waals surface area contributed by atoms with Gasteiger partial charge in [-0.1, -0.05) is 6.92 Å². The van der Waals surface area contributed by atoms with Crippen molar-refractivity contribution >= 4 is 29.2 Å². The maximum absolute atomic E-state index is 14.8. The van der Waals surface area contributed by atoms with Gasteiger partial charge in [-0.15, -0.1) is 0 Å². The molecule has 1 fully saturated rings. The summed E-state index contributed by atoms with van der Waals surface area (Å²) in [5.74, 6) is -1.07. The van der Waals surface area contributed by atoms with Gasteiger partial charge in [0.05, 0.1) is 47.1 Å². The zero-order valence-corrected chi connectivity index (χ0v) is 23.8. The van der Waals surface area contributed by atoms with Gasteiger partial charge in [-0.3, -0.25) is 19.2 Å². The number of halogens is 1. The number of hydrogen-bond donors (Lipinski definition) is 2. The fourth-order valence-electron chi connectivity index (χ4n) is 6.85. The van der Waals surface area contributed by atoms with Crippen LogP contribution < -0.4 is 10.9 Å². The second-order valence-corrected chi connectivity index (χ2v) is 11.4. The zero-order chi connectivity index (χ0) is 29.9. The number of ether oxygens (including phenoxy) is 1. The van der Waals surface area contributed by atoms with Crippen LogP contribution in [0.5, 0.6) is 0 Å². The van der Waals surface area contributed by atoms with E-state index in [-0.39, 0.29) is 42.0 Å². The summed E-state index contributed by atoms with van der Waals surface area (Å²) in [5.41, 5.74) is 6.03. The molecule has 2 amide bonds. The van der Waals surface area contributed by atoms with Crippen LogP contribution in [0, 0.1) is 12.7 Å². The first-order valence-corrected chi connectivity index (χ1v) is 14.4. The minimum Gasteiger partial charge on any atom is -0.460 e. The van der Waals surface area contributed by atoms with E-state index in [1.165, 1.54) is 13.0 Å². The second kappa shape index (κ2) is 10.6. The topological polar surface area (TPSA) is 131 Å². The number of rotatable bonds is 3. The highest BCUT2D eigenvalue weighted by Gasteiger charge is 2.37. The number of fused-ring (bicyclic) bond motifs is 5. The van der Waals surface area contributed by atoms with Crippen molar-refractivity contribution in [3.63, 3.8) is 0 Å². The minimum absolute atomic E-state index is 0.0355. The molecular formula is C31H33FN4O6. The lowest BCUT2D eigenvalue weighted by Gasteiger charge is -2.28. The Kier molecular flexibility index (Phi) is 7.08. The van der Waals surface area contributed by atoms with Gasteiger partial charge in [0.2, 0.25) is 12.3 Å². The van der Waals surface area contributed by atoms with E-state index in [1.807, 2.05) is 13.0 Å². The van der Waals surface area contributed by atoms with E-state index in [9.17, 15) is 23.6 Å². The monoisotopic (exact) mass is 576 g/mol. The average Bonchev–Trinajstić information content (AvgIpc) is 3.57. The summed E-state index contributed by atoms with van der Waals surface area (Å²) in [7, 11) is 0. The highest BCUT2D eigenvalue weighted by Crippen LogP contribution is 2.45. The number of aliphatic hydroxyl groups excluding tert-OH is 1. The third-order valence-electron chi connectivity index (χ3n) is 9.07. The summed E-state index contributed by atoms with van der Waals surface area (Å²) in [5, 5.41) is 12.7. The van der Waals surface area contributed by atoms with Crippen LogP contribution in [0.15, 0.2) is 16.9 Å². The molecule has 3 atom stereocenters. The van der Waals surface area contributed by atoms with Gasteiger partial charge < -0.3 is 24.6 Å². The standard InChI is InChI=1S/C25H22FN3O4.C6H11NO2/c1-3-12-14-6-20-23-15(8-29(20)24(31)16(14)9-33-25(12)32)22-18(27-10-30)5-4-13-11(2)17(26)7-19(28-23)21(13)22;1-5(8)7-3-2-6(9)4-7/h6-7,10,12,18H,3-5,8-9H2,1-2H3,(H,27,30);6,9H,2-4H2,1H3. The lowest BCUT2D eigenvalue weighted by molar-refractivity contribution is -0.148. The van der Waals surface area contributed by atoms with Crippen LogP contribution in [-0.2, 0) is 38.7 Å². The van der Waals surface area contributed by atoms with E-state index in [2.05, 4.69) is 5.32 Å². The summed E-state index contributed by atoms with van der Waals surface area (Å²) in [4.78, 5) is 54.2. The number of likely N-dealkylation sites (tertiary alicyclic amines) is 1. The van der Waals surface area contributed by atoms with E-state index >= 15 is 0 Å². The molecule has 1 saturated heterocycles. The van der Waals surface area contributed by atoms with Gasteiger partial charge in [0.25, 0.3) is 5.56 Å². The Morgan fingerprint density at radius 2 is 2.02 bits per heavy atom. The van der Waals surface area contributed by atoms with Crippen LogP contribution in [0.3, 0.4) is 0 Å². The number of carbonyl (C=O) groups excluding carboxylic acids is 3. The number of carbonyl (C=O) groups is 3.